The number of hydrogen-bond donors (Lipinski definition) is 1. The van der Waals surface area contributed by atoms with Crippen molar-refractivity contribution in [2.24, 2.45) is 0 Å². The molecule has 0 amide bonds. The van der Waals surface area contributed by atoms with Crippen LogP contribution in [0.3, 0.4) is 0 Å². The summed E-state index contributed by atoms with van der Waals surface area (Å²) in [4.78, 5) is 29.7. The van der Waals surface area contributed by atoms with Crippen molar-refractivity contribution in [3.63, 3.8) is 0 Å². The van der Waals surface area contributed by atoms with Gasteiger partial charge in [-0.2, -0.15) is 0 Å². The Morgan fingerprint density at radius 2 is 2.18 bits per heavy atom. The molecule has 90 valence electrons. The predicted molar refractivity (Wildman–Crippen MR) is 63.3 cm³/mol. The molecular weight excluding hydrogens is 244 g/mol. The van der Waals surface area contributed by atoms with Gasteiger partial charge in [-0.3, -0.25) is 14.3 Å². The number of hydrogen-bond acceptors (Lipinski definition) is 3. The van der Waals surface area contributed by atoms with Crippen LogP contribution in [0, 0.1) is 6.92 Å². The van der Waals surface area contributed by atoms with Crippen molar-refractivity contribution in [3.05, 3.63) is 50.3 Å². The van der Waals surface area contributed by atoms with Crippen LogP contribution >= 0.6 is 11.6 Å². The lowest BCUT2D eigenvalue weighted by atomic mass is 10.4. The largest absolute Gasteiger partial charge is 0.336 e. The summed E-state index contributed by atoms with van der Waals surface area (Å²) in [7, 11) is 0. The topological polar surface area (TPSA) is 72.7 Å². The van der Waals surface area contributed by atoms with Crippen LogP contribution in [-0.2, 0) is 13.1 Å². The number of aryl methyl sites for hydroxylation is 1. The molecule has 2 aromatic rings. The third-order valence-corrected chi connectivity index (χ3v) is 2.88. The molecule has 0 spiro atoms. The minimum Gasteiger partial charge on any atom is -0.336 e. The van der Waals surface area contributed by atoms with Gasteiger partial charge in [-0.1, -0.05) is 11.6 Å². The van der Waals surface area contributed by atoms with Crippen LogP contribution in [0.4, 0.5) is 0 Å². The number of imidazole rings is 1. The molecule has 0 saturated heterocycles. The molecule has 0 unspecified atom stereocenters. The number of nitrogens with one attached hydrogen (secondary N) is 1. The van der Waals surface area contributed by atoms with E-state index in [-0.39, 0.29) is 17.3 Å². The van der Waals surface area contributed by atoms with Crippen molar-refractivity contribution in [2.45, 2.75) is 20.0 Å². The Bertz CT molecular complexity index is 627. The van der Waals surface area contributed by atoms with Gasteiger partial charge in [-0.15, -0.1) is 0 Å². The van der Waals surface area contributed by atoms with Gasteiger partial charge >= 0.3 is 5.69 Å². The summed E-state index contributed by atoms with van der Waals surface area (Å²) in [5.41, 5.74) is -0.513. The van der Waals surface area contributed by atoms with E-state index < -0.39 is 5.69 Å². The maximum Gasteiger partial charge on any atom is 0.329 e. The zero-order chi connectivity index (χ0) is 12.4. The smallest absolute Gasteiger partial charge is 0.329 e. The number of halogens is 1. The van der Waals surface area contributed by atoms with Gasteiger partial charge in [0.25, 0.3) is 5.56 Å². The zero-order valence-corrected chi connectivity index (χ0v) is 9.94. The SMILES string of the molecule is Cc1c(Cl)[nH]c(=O)n(CCn2ccnc2)c1=O. The summed E-state index contributed by atoms with van der Waals surface area (Å²) < 4.78 is 2.91. The summed E-state index contributed by atoms with van der Waals surface area (Å²) >= 11 is 5.71. The molecule has 1 N–H and O–H groups in total. The third kappa shape index (κ3) is 2.31. The summed E-state index contributed by atoms with van der Waals surface area (Å²) in [6, 6.07) is 0. The molecule has 0 radical (unpaired) electrons. The average Bonchev–Trinajstić information content (AvgIpc) is 2.79. The van der Waals surface area contributed by atoms with Crippen molar-refractivity contribution >= 4 is 11.6 Å². The van der Waals surface area contributed by atoms with Gasteiger partial charge < -0.3 is 4.57 Å². The van der Waals surface area contributed by atoms with Gasteiger partial charge in [0.1, 0.15) is 5.15 Å². The average molecular weight is 255 g/mol. The molecule has 0 aliphatic carbocycles. The van der Waals surface area contributed by atoms with Crippen LogP contribution in [0.25, 0.3) is 0 Å². The first kappa shape index (κ1) is 11.7. The summed E-state index contributed by atoms with van der Waals surface area (Å²) in [5.74, 6) is 0. The van der Waals surface area contributed by atoms with Gasteiger partial charge in [0, 0.05) is 31.0 Å². The standard InChI is InChI=1S/C10H11ClN4O2/c1-7-8(11)13-10(17)15(9(7)16)5-4-14-3-2-12-6-14/h2-3,6H,4-5H2,1H3,(H,13,17). The first-order chi connectivity index (χ1) is 8.09. The third-order valence-electron chi connectivity index (χ3n) is 2.50. The van der Waals surface area contributed by atoms with Gasteiger partial charge in [-0.05, 0) is 6.92 Å². The molecule has 0 aliphatic heterocycles. The molecule has 2 heterocycles. The first-order valence-electron chi connectivity index (χ1n) is 5.04. The van der Waals surface area contributed by atoms with Crippen LogP contribution in [0.2, 0.25) is 5.15 Å². The van der Waals surface area contributed by atoms with Crippen molar-refractivity contribution in [1.82, 2.24) is 19.1 Å². The molecule has 0 fully saturated rings. The van der Waals surface area contributed by atoms with E-state index in [0.717, 1.165) is 4.57 Å². The molecule has 7 heteroatoms. The second-order valence-corrected chi connectivity index (χ2v) is 4.00. The molecule has 2 rings (SSSR count). The Morgan fingerprint density at radius 3 is 2.82 bits per heavy atom. The molecule has 6 nitrogen and oxygen atoms in total. The highest BCUT2D eigenvalue weighted by atomic mass is 35.5. The minimum absolute atomic E-state index is 0.0962. The maximum absolute atomic E-state index is 11.8. The number of rotatable bonds is 3. The molecule has 0 bridgehead atoms. The lowest BCUT2D eigenvalue weighted by Gasteiger charge is -2.06. The van der Waals surface area contributed by atoms with E-state index in [4.69, 9.17) is 11.6 Å². The van der Waals surface area contributed by atoms with Gasteiger partial charge in [0.2, 0.25) is 0 Å². The molecular formula is C10H11ClN4O2. The van der Waals surface area contributed by atoms with E-state index in [9.17, 15) is 9.59 Å². The highest BCUT2D eigenvalue weighted by Gasteiger charge is 2.08. The Labute approximate surface area is 101 Å². The Kier molecular flexibility index (Phi) is 3.14. The van der Waals surface area contributed by atoms with Gasteiger partial charge in [-0.25, -0.2) is 9.78 Å². The fourth-order valence-electron chi connectivity index (χ4n) is 1.48. The van der Waals surface area contributed by atoms with Crippen LogP contribution in [0.15, 0.2) is 28.3 Å². The molecule has 2 aromatic heterocycles. The Hall–Kier alpha value is -1.82. The highest BCUT2D eigenvalue weighted by molar-refractivity contribution is 6.30. The zero-order valence-electron chi connectivity index (χ0n) is 9.18. The van der Waals surface area contributed by atoms with Gasteiger partial charge in [0.15, 0.2) is 0 Å². The molecule has 0 saturated carbocycles. The predicted octanol–water partition coefficient (Wildman–Crippen LogP) is 0.395. The summed E-state index contributed by atoms with van der Waals surface area (Å²) in [5, 5.41) is 0.0962. The highest BCUT2D eigenvalue weighted by Crippen LogP contribution is 2.02. The second-order valence-electron chi connectivity index (χ2n) is 3.63. The van der Waals surface area contributed by atoms with Crippen molar-refractivity contribution in [1.29, 1.82) is 0 Å². The summed E-state index contributed by atoms with van der Waals surface area (Å²) in [6.45, 7) is 2.36. The fourth-order valence-corrected chi connectivity index (χ4v) is 1.64. The van der Waals surface area contributed by atoms with Crippen molar-refractivity contribution < 1.29 is 0 Å². The monoisotopic (exact) mass is 254 g/mol. The summed E-state index contributed by atoms with van der Waals surface area (Å²) in [6.07, 6.45) is 5.03. The molecule has 0 atom stereocenters. The van der Waals surface area contributed by atoms with Crippen LogP contribution in [-0.4, -0.2) is 19.1 Å². The normalized spacial score (nSPS) is 10.7. The van der Waals surface area contributed by atoms with E-state index in [2.05, 4.69) is 9.97 Å². The Morgan fingerprint density at radius 1 is 1.41 bits per heavy atom. The van der Waals surface area contributed by atoms with E-state index in [0.29, 0.717) is 12.1 Å². The molecule has 17 heavy (non-hydrogen) atoms. The quantitative estimate of drug-likeness (QED) is 0.806. The van der Waals surface area contributed by atoms with Crippen molar-refractivity contribution in [3.8, 4) is 0 Å². The second kappa shape index (κ2) is 4.58. The van der Waals surface area contributed by atoms with Crippen LogP contribution < -0.4 is 11.2 Å². The fraction of sp³-hybridized carbons (Fsp3) is 0.300. The lowest BCUT2D eigenvalue weighted by molar-refractivity contribution is 0.540. The van der Waals surface area contributed by atoms with Crippen LogP contribution in [0.1, 0.15) is 5.56 Å². The Balaban J connectivity index is 2.31. The maximum atomic E-state index is 11.8. The van der Waals surface area contributed by atoms with Crippen molar-refractivity contribution in [2.75, 3.05) is 0 Å². The van der Waals surface area contributed by atoms with Gasteiger partial charge in [0.05, 0.1) is 6.33 Å². The van der Waals surface area contributed by atoms with E-state index >= 15 is 0 Å². The van der Waals surface area contributed by atoms with Crippen LogP contribution in [0.5, 0.6) is 0 Å². The molecule has 0 aromatic carbocycles. The number of nitrogens with zero attached hydrogens (tertiary/aromatic N) is 3. The van der Waals surface area contributed by atoms with E-state index in [1.807, 2.05) is 0 Å². The first-order valence-corrected chi connectivity index (χ1v) is 5.42. The van der Waals surface area contributed by atoms with E-state index in [1.165, 1.54) is 0 Å². The number of aromatic amines is 1. The van der Waals surface area contributed by atoms with E-state index in [1.54, 1.807) is 30.2 Å². The lowest BCUT2D eigenvalue weighted by Crippen LogP contribution is -2.37. The molecule has 0 aliphatic rings. The number of aromatic nitrogens is 4. The minimum atomic E-state index is -0.495. The number of H-pyrrole nitrogens is 1.